The average Bonchev–Trinajstić information content (AvgIpc) is 3.01. The van der Waals surface area contributed by atoms with Crippen LogP contribution in [0.2, 0.25) is 0 Å². The minimum atomic E-state index is -0.117. The van der Waals surface area contributed by atoms with E-state index in [4.69, 9.17) is 0 Å². The van der Waals surface area contributed by atoms with Crippen molar-refractivity contribution < 1.29 is 4.39 Å². The summed E-state index contributed by atoms with van der Waals surface area (Å²) in [6.07, 6.45) is 2.36. The number of hydrogen-bond donors (Lipinski definition) is 1. The second kappa shape index (κ2) is 4.77. The highest BCUT2D eigenvalue weighted by Crippen LogP contribution is 2.55. The summed E-state index contributed by atoms with van der Waals surface area (Å²) in [7, 11) is 0. The molecule has 1 aromatic carbocycles. The summed E-state index contributed by atoms with van der Waals surface area (Å²) in [5.41, 5.74) is 1.35. The number of rotatable bonds is 5. The monoisotopic (exact) mass is 235 g/mol. The number of halogens is 1. The van der Waals surface area contributed by atoms with E-state index >= 15 is 0 Å². The first-order chi connectivity index (χ1) is 8.08. The summed E-state index contributed by atoms with van der Waals surface area (Å²) < 4.78 is 13.3. The molecule has 1 nitrogen and oxygen atoms in total. The van der Waals surface area contributed by atoms with Crippen molar-refractivity contribution in [3.05, 3.63) is 35.6 Å². The molecule has 2 atom stereocenters. The van der Waals surface area contributed by atoms with E-state index in [-0.39, 0.29) is 11.2 Å². The van der Waals surface area contributed by atoms with Gasteiger partial charge in [0.05, 0.1) is 0 Å². The maximum atomic E-state index is 13.3. The normalized spacial score (nSPS) is 27.5. The molecule has 1 fully saturated rings. The standard InChI is InChI=1S/C15H22FN/c1-4-12-9-15(12,10-17-11(2)3)13-6-5-7-14(16)8-13/h5-8,11-12,17H,4,9-10H2,1-3H3. The van der Waals surface area contributed by atoms with Gasteiger partial charge in [0.25, 0.3) is 0 Å². The molecule has 2 heteroatoms. The van der Waals surface area contributed by atoms with Crippen LogP contribution in [0.5, 0.6) is 0 Å². The zero-order valence-corrected chi connectivity index (χ0v) is 11.0. The van der Waals surface area contributed by atoms with Gasteiger partial charge in [0.2, 0.25) is 0 Å². The van der Waals surface area contributed by atoms with E-state index in [1.54, 1.807) is 6.07 Å². The maximum absolute atomic E-state index is 13.3. The lowest BCUT2D eigenvalue weighted by Gasteiger charge is -2.20. The van der Waals surface area contributed by atoms with Crippen molar-refractivity contribution in [1.82, 2.24) is 5.32 Å². The molecule has 2 unspecified atom stereocenters. The van der Waals surface area contributed by atoms with Gasteiger partial charge in [0.15, 0.2) is 0 Å². The van der Waals surface area contributed by atoms with Gasteiger partial charge >= 0.3 is 0 Å². The van der Waals surface area contributed by atoms with Gasteiger partial charge in [-0.15, -0.1) is 0 Å². The third-order valence-electron chi connectivity index (χ3n) is 3.95. The first-order valence-electron chi connectivity index (χ1n) is 6.58. The van der Waals surface area contributed by atoms with Crippen LogP contribution in [-0.4, -0.2) is 12.6 Å². The fourth-order valence-corrected chi connectivity index (χ4v) is 2.77. The van der Waals surface area contributed by atoms with Crippen LogP contribution < -0.4 is 5.32 Å². The Morgan fingerprint density at radius 3 is 2.76 bits per heavy atom. The molecule has 0 aliphatic heterocycles. The topological polar surface area (TPSA) is 12.0 Å². The smallest absolute Gasteiger partial charge is 0.123 e. The largest absolute Gasteiger partial charge is 0.314 e. The molecule has 0 bridgehead atoms. The van der Waals surface area contributed by atoms with Gasteiger partial charge < -0.3 is 5.32 Å². The molecule has 2 rings (SSSR count). The molecule has 0 radical (unpaired) electrons. The van der Waals surface area contributed by atoms with Crippen molar-refractivity contribution in [2.45, 2.75) is 45.1 Å². The van der Waals surface area contributed by atoms with Gasteiger partial charge in [-0.05, 0) is 30.0 Å². The van der Waals surface area contributed by atoms with E-state index in [2.05, 4.69) is 32.2 Å². The van der Waals surface area contributed by atoms with Crippen molar-refractivity contribution >= 4 is 0 Å². The zero-order chi connectivity index (χ0) is 12.5. The summed E-state index contributed by atoms with van der Waals surface area (Å²) in [6.45, 7) is 7.50. The molecule has 17 heavy (non-hydrogen) atoms. The maximum Gasteiger partial charge on any atom is 0.123 e. The first-order valence-corrected chi connectivity index (χ1v) is 6.58. The van der Waals surface area contributed by atoms with Crippen LogP contribution in [-0.2, 0) is 5.41 Å². The van der Waals surface area contributed by atoms with Crippen LogP contribution in [0, 0.1) is 11.7 Å². The SMILES string of the molecule is CCC1CC1(CNC(C)C)c1cccc(F)c1. The van der Waals surface area contributed by atoms with E-state index in [1.165, 1.54) is 18.9 Å². The van der Waals surface area contributed by atoms with Gasteiger partial charge in [0, 0.05) is 18.0 Å². The molecule has 1 saturated carbocycles. The van der Waals surface area contributed by atoms with Gasteiger partial charge in [-0.3, -0.25) is 0 Å². The van der Waals surface area contributed by atoms with Crippen molar-refractivity contribution in [3.8, 4) is 0 Å². The lowest BCUT2D eigenvalue weighted by molar-refractivity contribution is 0.485. The Kier molecular flexibility index (Phi) is 3.53. The predicted octanol–water partition coefficient (Wildman–Crippen LogP) is 3.49. The van der Waals surface area contributed by atoms with Gasteiger partial charge in [-0.25, -0.2) is 4.39 Å². The van der Waals surface area contributed by atoms with Crippen LogP contribution in [0.15, 0.2) is 24.3 Å². The Labute approximate surface area is 103 Å². The van der Waals surface area contributed by atoms with Crippen LogP contribution in [0.1, 0.15) is 39.2 Å². The summed E-state index contributed by atoms with van der Waals surface area (Å²) in [6, 6.07) is 7.61. The van der Waals surface area contributed by atoms with Crippen molar-refractivity contribution in [2.75, 3.05) is 6.54 Å². The zero-order valence-electron chi connectivity index (χ0n) is 11.0. The highest BCUT2D eigenvalue weighted by atomic mass is 19.1. The summed E-state index contributed by atoms with van der Waals surface area (Å²) in [5, 5.41) is 3.51. The Balaban J connectivity index is 2.18. The average molecular weight is 235 g/mol. The van der Waals surface area contributed by atoms with Gasteiger partial charge in [0.1, 0.15) is 5.82 Å². The Morgan fingerprint density at radius 2 is 2.24 bits per heavy atom. The molecule has 0 saturated heterocycles. The fourth-order valence-electron chi connectivity index (χ4n) is 2.77. The van der Waals surface area contributed by atoms with E-state index < -0.39 is 0 Å². The van der Waals surface area contributed by atoms with E-state index in [0.29, 0.717) is 12.0 Å². The molecule has 1 aliphatic carbocycles. The lowest BCUT2D eigenvalue weighted by atomic mass is 9.92. The van der Waals surface area contributed by atoms with E-state index in [1.807, 2.05) is 6.07 Å². The molecule has 0 heterocycles. The van der Waals surface area contributed by atoms with Gasteiger partial charge in [-0.1, -0.05) is 39.3 Å². The third-order valence-corrected chi connectivity index (χ3v) is 3.95. The van der Waals surface area contributed by atoms with E-state index in [9.17, 15) is 4.39 Å². The Morgan fingerprint density at radius 1 is 1.47 bits per heavy atom. The minimum absolute atomic E-state index is 0.117. The molecular weight excluding hydrogens is 213 g/mol. The minimum Gasteiger partial charge on any atom is -0.314 e. The summed E-state index contributed by atoms with van der Waals surface area (Å²) in [4.78, 5) is 0. The van der Waals surface area contributed by atoms with Crippen LogP contribution in [0.3, 0.4) is 0 Å². The number of benzene rings is 1. The molecule has 1 aromatic rings. The van der Waals surface area contributed by atoms with Crippen LogP contribution >= 0.6 is 0 Å². The third kappa shape index (κ3) is 2.52. The van der Waals surface area contributed by atoms with Crippen LogP contribution in [0.25, 0.3) is 0 Å². The first kappa shape index (κ1) is 12.6. The fraction of sp³-hybridized carbons (Fsp3) is 0.600. The quantitative estimate of drug-likeness (QED) is 0.823. The Bertz CT molecular complexity index is 388. The summed E-state index contributed by atoms with van der Waals surface area (Å²) in [5.74, 6) is 0.587. The van der Waals surface area contributed by atoms with Gasteiger partial charge in [-0.2, -0.15) is 0 Å². The molecule has 1 aliphatic rings. The molecule has 0 amide bonds. The molecular formula is C15H22FN. The second-order valence-corrected chi connectivity index (χ2v) is 5.51. The van der Waals surface area contributed by atoms with Crippen molar-refractivity contribution in [2.24, 2.45) is 5.92 Å². The highest BCUT2D eigenvalue weighted by molar-refractivity contribution is 5.34. The molecule has 0 aromatic heterocycles. The summed E-state index contributed by atoms with van der Waals surface area (Å²) >= 11 is 0. The number of nitrogens with one attached hydrogen (secondary N) is 1. The second-order valence-electron chi connectivity index (χ2n) is 5.51. The Hall–Kier alpha value is -0.890. The highest BCUT2D eigenvalue weighted by Gasteiger charge is 2.53. The van der Waals surface area contributed by atoms with Crippen molar-refractivity contribution in [3.63, 3.8) is 0 Å². The number of hydrogen-bond acceptors (Lipinski definition) is 1. The molecule has 1 N–H and O–H groups in total. The van der Waals surface area contributed by atoms with Crippen LogP contribution in [0.4, 0.5) is 4.39 Å². The van der Waals surface area contributed by atoms with Crippen molar-refractivity contribution in [1.29, 1.82) is 0 Å². The van der Waals surface area contributed by atoms with E-state index in [0.717, 1.165) is 12.1 Å². The molecule has 0 spiro atoms. The predicted molar refractivity (Wildman–Crippen MR) is 69.6 cm³/mol. The molecule has 94 valence electrons. The lowest BCUT2D eigenvalue weighted by Crippen LogP contribution is -2.33.